The SMILES string of the molecule is CCCCCc1ccc(CC)c(C)c1. The van der Waals surface area contributed by atoms with Crippen molar-refractivity contribution in [1.29, 1.82) is 0 Å². The number of benzene rings is 1. The van der Waals surface area contributed by atoms with Crippen molar-refractivity contribution in [2.75, 3.05) is 0 Å². The van der Waals surface area contributed by atoms with Crippen LogP contribution in [0.4, 0.5) is 0 Å². The Morgan fingerprint density at radius 1 is 1.07 bits per heavy atom. The maximum atomic E-state index is 2.36. The molecule has 0 aliphatic carbocycles. The van der Waals surface area contributed by atoms with E-state index in [1.54, 1.807) is 0 Å². The van der Waals surface area contributed by atoms with E-state index < -0.39 is 0 Å². The molecule has 78 valence electrons. The second kappa shape index (κ2) is 5.85. The summed E-state index contributed by atoms with van der Waals surface area (Å²) in [6.45, 7) is 6.70. The highest BCUT2D eigenvalue weighted by Crippen LogP contribution is 2.14. The Kier molecular flexibility index (Phi) is 4.72. The van der Waals surface area contributed by atoms with E-state index in [1.807, 2.05) is 0 Å². The first-order valence-corrected chi connectivity index (χ1v) is 5.86. The zero-order chi connectivity index (χ0) is 10.4. The fourth-order valence-corrected chi connectivity index (χ4v) is 1.89. The third kappa shape index (κ3) is 3.17. The van der Waals surface area contributed by atoms with Crippen molar-refractivity contribution in [3.8, 4) is 0 Å². The molecule has 0 radical (unpaired) electrons. The van der Waals surface area contributed by atoms with Gasteiger partial charge in [0, 0.05) is 0 Å². The Labute approximate surface area is 88.4 Å². The first kappa shape index (κ1) is 11.3. The van der Waals surface area contributed by atoms with Crippen LogP contribution >= 0.6 is 0 Å². The van der Waals surface area contributed by atoms with Crippen LogP contribution in [0.3, 0.4) is 0 Å². The molecular weight excluding hydrogens is 168 g/mol. The summed E-state index contributed by atoms with van der Waals surface area (Å²) in [5, 5.41) is 0. The summed E-state index contributed by atoms with van der Waals surface area (Å²) < 4.78 is 0. The van der Waals surface area contributed by atoms with E-state index in [9.17, 15) is 0 Å². The normalized spacial score (nSPS) is 10.5. The summed E-state index contributed by atoms with van der Waals surface area (Å²) in [5.41, 5.74) is 4.46. The van der Waals surface area contributed by atoms with Gasteiger partial charge in [0.25, 0.3) is 0 Å². The molecule has 0 amide bonds. The molecule has 0 spiro atoms. The second-order valence-corrected chi connectivity index (χ2v) is 4.07. The summed E-state index contributed by atoms with van der Waals surface area (Å²) >= 11 is 0. The van der Waals surface area contributed by atoms with E-state index in [4.69, 9.17) is 0 Å². The molecule has 0 fully saturated rings. The van der Waals surface area contributed by atoms with Crippen molar-refractivity contribution < 1.29 is 0 Å². The van der Waals surface area contributed by atoms with Gasteiger partial charge < -0.3 is 0 Å². The fourth-order valence-electron chi connectivity index (χ4n) is 1.89. The van der Waals surface area contributed by atoms with Crippen molar-refractivity contribution in [1.82, 2.24) is 0 Å². The van der Waals surface area contributed by atoms with E-state index in [2.05, 4.69) is 39.0 Å². The van der Waals surface area contributed by atoms with Crippen LogP contribution in [0.5, 0.6) is 0 Å². The number of unbranched alkanes of at least 4 members (excludes halogenated alkanes) is 2. The minimum absolute atomic E-state index is 1.15. The third-order valence-electron chi connectivity index (χ3n) is 2.86. The first-order valence-electron chi connectivity index (χ1n) is 5.86. The molecule has 0 heteroatoms. The summed E-state index contributed by atoms with van der Waals surface area (Å²) in [6.07, 6.45) is 6.40. The van der Waals surface area contributed by atoms with Gasteiger partial charge in [-0.15, -0.1) is 0 Å². The van der Waals surface area contributed by atoms with Crippen LogP contribution in [0.2, 0.25) is 0 Å². The van der Waals surface area contributed by atoms with Crippen LogP contribution in [0.25, 0.3) is 0 Å². The first-order chi connectivity index (χ1) is 6.77. The van der Waals surface area contributed by atoms with E-state index in [1.165, 1.54) is 42.4 Å². The van der Waals surface area contributed by atoms with Crippen LogP contribution in [0.1, 0.15) is 49.8 Å². The van der Waals surface area contributed by atoms with Crippen LogP contribution < -0.4 is 0 Å². The Bertz CT molecular complexity index is 273. The molecular formula is C14H22. The number of hydrogen-bond acceptors (Lipinski definition) is 0. The molecule has 0 atom stereocenters. The number of rotatable bonds is 5. The van der Waals surface area contributed by atoms with Crippen molar-refractivity contribution in [2.24, 2.45) is 0 Å². The van der Waals surface area contributed by atoms with Gasteiger partial charge >= 0.3 is 0 Å². The van der Waals surface area contributed by atoms with Gasteiger partial charge in [0.15, 0.2) is 0 Å². The second-order valence-electron chi connectivity index (χ2n) is 4.07. The zero-order valence-corrected chi connectivity index (χ0v) is 9.77. The van der Waals surface area contributed by atoms with Crippen LogP contribution in [-0.2, 0) is 12.8 Å². The molecule has 1 rings (SSSR count). The Hall–Kier alpha value is -0.780. The average molecular weight is 190 g/mol. The summed E-state index contributed by atoms with van der Waals surface area (Å²) in [4.78, 5) is 0. The van der Waals surface area contributed by atoms with E-state index in [0.717, 1.165) is 6.42 Å². The molecule has 0 unspecified atom stereocenters. The fraction of sp³-hybridized carbons (Fsp3) is 0.571. The minimum atomic E-state index is 1.15. The van der Waals surface area contributed by atoms with Crippen molar-refractivity contribution in [3.05, 3.63) is 34.9 Å². The van der Waals surface area contributed by atoms with Crippen molar-refractivity contribution in [3.63, 3.8) is 0 Å². The maximum absolute atomic E-state index is 2.36. The van der Waals surface area contributed by atoms with Gasteiger partial charge in [-0.05, 0) is 42.9 Å². The molecule has 1 aromatic rings. The molecule has 0 saturated heterocycles. The molecule has 0 aliphatic rings. The molecule has 1 aromatic carbocycles. The Morgan fingerprint density at radius 2 is 1.86 bits per heavy atom. The lowest BCUT2D eigenvalue weighted by Crippen LogP contribution is -1.91. The van der Waals surface area contributed by atoms with Crippen LogP contribution in [-0.4, -0.2) is 0 Å². The quantitative estimate of drug-likeness (QED) is 0.608. The highest BCUT2D eigenvalue weighted by atomic mass is 14.0. The predicted molar refractivity (Wildman–Crippen MR) is 63.8 cm³/mol. The van der Waals surface area contributed by atoms with Gasteiger partial charge in [0.1, 0.15) is 0 Å². The smallest absolute Gasteiger partial charge is 0.0279 e. The van der Waals surface area contributed by atoms with Gasteiger partial charge in [0.2, 0.25) is 0 Å². The van der Waals surface area contributed by atoms with Gasteiger partial charge in [-0.1, -0.05) is 44.9 Å². The lowest BCUT2D eigenvalue weighted by molar-refractivity contribution is 0.717. The van der Waals surface area contributed by atoms with Crippen molar-refractivity contribution >= 4 is 0 Å². The molecule has 0 aliphatic heterocycles. The summed E-state index contributed by atoms with van der Waals surface area (Å²) in [5.74, 6) is 0. The maximum Gasteiger partial charge on any atom is -0.0279 e. The molecule has 0 saturated carbocycles. The highest BCUT2D eigenvalue weighted by Gasteiger charge is 1.98. The molecule has 0 heterocycles. The third-order valence-corrected chi connectivity index (χ3v) is 2.86. The summed E-state index contributed by atoms with van der Waals surface area (Å²) in [7, 11) is 0. The van der Waals surface area contributed by atoms with Gasteiger partial charge in [-0.2, -0.15) is 0 Å². The lowest BCUT2D eigenvalue weighted by Gasteiger charge is -2.06. The van der Waals surface area contributed by atoms with Crippen molar-refractivity contribution in [2.45, 2.75) is 52.9 Å². The number of hydrogen-bond donors (Lipinski definition) is 0. The lowest BCUT2D eigenvalue weighted by atomic mass is 10.00. The zero-order valence-electron chi connectivity index (χ0n) is 9.77. The molecule has 0 bridgehead atoms. The highest BCUT2D eigenvalue weighted by molar-refractivity contribution is 5.31. The van der Waals surface area contributed by atoms with E-state index in [0.29, 0.717) is 0 Å². The molecule has 0 aromatic heterocycles. The Morgan fingerprint density at radius 3 is 2.43 bits per heavy atom. The number of aryl methyl sites for hydroxylation is 3. The van der Waals surface area contributed by atoms with Gasteiger partial charge in [-0.3, -0.25) is 0 Å². The monoisotopic (exact) mass is 190 g/mol. The summed E-state index contributed by atoms with van der Waals surface area (Å²) in [6, 6.07) is 6.94. The minimum Gasteiger partial charge on any atom is -0.0654 e. The van der Waals surface area contributed by atoms with E-state index in [-0.39, 0.29) is 0 Å². The molecule has 0 nitrogen and oxygen atoms in total. The average Bonchev–Trinajstić information content (AvgIpc) is 2.18. The predicted octanol–water partition coefficient (Wildman–Crippen LogP) is 4.29. The van der Waals surface area contributed by atoms with Crippen LogP contribution in [0.15, 0.2) is 18.2 Å². The van der Waals surface area contributed by atoms with Gasteiger partial charge in [0.05, 0.1) is 0 Å². The Balaban J connectivity index is 2.57. The molecule has 14 heavy (non-hydrogen) atoms. The topological polar surface area (TPSA) is 0 Å². The van der Waals surface area contributed by atoms with Gasteiger partial charge in [-0.25, -0.2) is 0 Å². The van der Waals surface area contributed by atoms with Crippen LogP contribution in [0, 0.1) is 6.92 Å². The largest absolute Gasteiger partial charge is 0.0654 e. The molecule has 0 N–H and O–H groups in total. The van der Waals surface area contributed by atoms with E-state index >= 15 is 0 Å². The standard InChI is InChI=1S/C14H22/c1-4-6-7-8-13-9-10-14(5-2)12(3)11-13/h9-11H,4-8H2,1-3H3.